The van der Waals surface area contributed by atoms with Gasteiger partial charge in [0.15, 0.2) is 0 Å². The summed E-state index contributed by atoms with van der Waals surface area (Å²) >= 11 is 12.9. The number of amides is 1. The summed E-state index contributed by atoms with van der Waals surface area (Å²) in [5.41, 5.74) is 3.71. The monoisotopic (exact) mass is 626 g/mol. The van der Waals surface area contributed by atoms with Gasteiger partial charge in [-0.05, 0) is 66.7 Å². The van der Waals surface area contributed by atoms with Crippen molar-refractivity contribution < 1.29 is 13.7 Å². The van der Waals surface area contributed by atoms with Gasteiger partial charge in [0.1, 0.15) is 0 Å². The number of likely N-dealkylation sites (N-methyl/N-ethyl adjacent to an activating group) is 1. The number of fused-ring (bicyclic) bond motifs is 2. The summed E-state index contributed by atoms with van der Waals surface area (Å²) in [6, 6.07) is 24.1. The molecule has 2 heterocycles. The predicted octanol–water partition coefficient (Wildman–Crippen LogP) is 7.16. The van der Waals surface area contributed by atoms with Crippen molar-refractivity contribution in [2.75, 3.05) is 33.3 Å². The van der Waals surface area contributed by atoms with Crippen LogP contribution in [0.15, 0.2) is 72.8 Å². The van der Waals surface area contributed by atoms with Crippen molar-refractivity contribution in [2.45, 2.75) is 55.8 Å². The first-order chi connectivity index (χ1) is 20.2. The molecule has 1 fully saturated rings. The third kappa shape index (κ3) is 6.20. The van der Waals surface area contributed by atoms with Crippen LogP contribution in [-0.2, 0) is 43.0 Å². The molecule has 8 heteroatoms. The molecule has 0 bridgehead atoms. The topological polar surface area (TPSA) is 49.9 Å². The van der Waals surface area contributed by atoms with Crippen molar-refractivity contribution >= 4 is 39.9 Å². The lowest BCUT2D eigenvalue weighted by molar-refractivity contribution is -0.143. The Morgan fingerprint density at radius 3 is 2.40 bits per heavy atom. The van der Waals surface area contributed by atoms with E-state index in [4.69, 9.17) is 27.9 Å². The summed E-state index contributed by atoms with van der Waals surface area (Å²) in [5.74, 6) is 0.510. The number of carbonyl (C=O) groups is 1. The number of likely N-dealkylation sites (tertiary alicyclic amines) is 1. The summed E-state index contributed by atoms with van der Waals surface area (Å²) in [7, 11) is 0.972. The molecule has 224 valence electrons. The van der Waals surface area contributed by atoms with E-state index in [2.05, 4.69) is 23.1 Å². The number of benzene rings is 3. The van der Waals surface area contributed by atoms with Crippen LogP contribution in [0.2, 0.25) is 10.0 Å². The second kappa shape index (κ2) is 13.2. The van der Waals surface area contributed by atoms with Crippen LogP contribution in [0.4, 0.5) is 0 Å². The lowest BCUT2D eigenvalue weighted by Gasteiger charge is -2.45. The molecule has 5 nitrogen and oxygen atoms in total. The van der Waals surface area contributed by atoms with Gasteiger partial charge in [-0.25, -0.2) is 0 Å². The van der Waals surface area contributed by atoms with Gasteiger partial charge >= 0.3 is 0 Å². The minimum absolute atomic E-state index is 0.0416. The maximum Gasteiger partial charge on any atom is 0.225 e. The van der Waals surface area contributed by atoms with Gasteiger partial charge in [0.25, 0.3) is 0 Å². The predicted molar refractivity (Wildman–Crippen MR) is 172 cm³/mol. The molecule has 2 atom stereocenters. The molecule has 0 N–H and O–H groups in total. The number of hydrogen-bond donors (Lipinski definition) is 0. The van der Waals surface area contributed by atoms with Crippen LogP contribution in [0, 0.1) is 5.92 Å². The Kier molecular flexibility index (Phi) is 9.80. The van der Waals surface area contributed by atoms with Gasteiger partial charge in [0, 0.05) is 36.1 Å². The third-order valence-corrected chi connectivity index (χ3v) is 11.9. The van der Waals surface area contributed by atoms with Gasteiger partial charge in [-0.2, -0.15) is 0 Å². The highest BCUT2D eigenvalue weighted by Crippen LogP contribution is 2.47. The molecule has 2 aliphatic rings. The first-order valence-electron chi connectivity index (χ1n) is 14.7. The number of ether oxygens (including phenoxy) is 1. The molecular formula is C34H40Cl2N2O3S. The van der Waals surface area contributed by atoms with Crippen LogP contribution in [0.5, 0.6) is 0 Å². The van der Waals surface area contributed by atoms with Crippen LogP contribution < -0.4 is 0 Å². The van der Waals surface area contributed by atoms with E-state index in [0.717, 1.165) is 43.6 Å². The zero-order valence-electron chi connectivity index (χ0n) is 24.7. The first kappa shape index (κ1) is 31.2. The van der Waals surface area contributed by atoms with Gasteiger partial charge in [-0.3, -0.25) is 9.00 Å². The number of rotatable bonds is 10. The molecule has 0 radical (unpaired) electrons. The smallest absolute Gasteiger partial charge is 0.225 e. The molecule has 0 saturated carbocycles. The third-order valence-electron chi connectivity index (χ3n) is 9.11. The van der Waals surface area contributed by atoms with Crippen LogP contribution in [0.25, 0.3) is 0 Å². The van der Waals surface area contributed by atoms with E-state index in [1.807, 2.05) is 74.3 Å². The molecule has 2 unspecified atom stereocenters. The molecular weight excluding hydrogens is 587 g/mol. The molecule has 3 aromatic rings. The highest BCUT2D eigenvalue weighted by Gasteiger charge is 2.47. The molecule has 0 aromatic heterocycles. The zero-order chi connectivity index (χ0) is 29.9. The largest absolute Gasteiger partial charge is 0.374 e. The fourth-order valence-corrected chi connectivity index (χ4v) is 8.72. The summed E-state index contributed by atoms with van der Waals surface area (Å²) in [4.78, 5) is 17.9. The van der Waals surface area contributed by atoms with Crippen LogP contribution in [0.3, 0.4) is 0 Å². The summed E-state index contributed by atoms with van der Waals surface area (Å²) in [6.45, 7) is 7.05. The first-order valence-corrected chi connectivity index (χ1v) is 16.8. The minimum Gasteiger partial charge on any atom is -0.374 e. The molecule has 5 rings (SSSR count). The normalized spacial score (nSPS) is 19.5. The van der Waals surface area contributed by atoms with E-state index >= 15 is 0 Å². The minimum atomic E-state index is -0.903. The highest BCUT2D eigenvalue weighted by atomic mass is 35.5. The number of carbonyl (C=O) groups excluding carboxylic acids is 1. The summed E-state index contributed by atoms with van der Waals surface area (Å²) in [6.07, 6.45) is 2.38. The van der Waals surface area contributed by atoms with Gasteiger partial charge in [-0.15, -0.1) is 0 Å². The fraction of sp³-hybridized carbons (Fsp3) is 0.441. The molecule has 42 heavy (non-hydrogen) atoms. The molecule has 0 aliphatic carbocycles. The lowest BCUT2D eigenvalue weighted by Crippen LogP contribution is -2.54. The Bertz CT molecular complexity index is 1430. The van der Waals surface area contributed by atoms with E-state index < -0.39 is 16.3 Å². The second-order valence-electron chi connectivity index (χ2n) is 11.9. The molecule has 1 saturated heterocycles. The van der Waals surface area contributed by atoms with Gasteiger partial charge in [0.2, 0.25) is 5.91 Å². The van der Waals surface area contributed by atoms with Crippen LogP contribution >= 0.6 is 23.2 Å². The standard InChI is InChI=1S/C34H40Cl2N2O3S/c1-25(2)32(39)37(3)33(28-13-14-30(35)31(36)21-28,24-41-22-26-9-5-4-6-10-26)15-18-38-19-16-34(17-20-38)29-12-8-7-11-27(29)23-42(34)40/h4-14,21,25H,15-20,22-24H2,1-3H3. The van der Waals surface area contributed by atoms with E-state index in [1.54, 1.807) is 6.07 Å². The van der Waals surface area contributed by atoms with Crippen molar-refractivity contribution in [3.8, 4) is 0 Å². The Balaban J connectivity index is 1.40. The van der Waals surface area contributed by atoms with Gasteiger partial charge in [0.05, 0.1) is 33.5 Å². The van der Waals surface area contributed by atoms with Crippen molar-refractivity contribution in [1.82, 2.24) is 9.80 Å². The average molecular weight is 628 g/mol. The van der Waals surface area contributed by atoms with Crippen molar-refractivity contribution in [1.29, 1.82) is 0 Å². The maximum absolute atomic E-state index is 13.6. The summed E-state index contributed by atoms with van der Waals surface area (Å²) < 4.78 is 19.5. The Morgan fingerprint density at radius 1 is 1.02 bits per heavy atom. The molecule has 1 amide bonds. The van der Waals surface area contributed by atoms with Crippen molar-refractivity contribution in [3.05, 3.63) is 105 Å². The number of nitrogens with zero attached hydrogens (tertiary/aromatic N) is 2. The Hall–Kier alpha value is -2.22. The van der Waals surface area contributed by atoms with Crippen LogP contribution in [-0.4, -0.2) is 53.2 Å². The Morgan fingerprint density at radius 2 is 1.71 bits per heavy atom. The van der Waals surface area contributed by atoms with E-state index in [-0.39, 0.29) is 16.6 Å². The highest BCUT2D eigenvalue weighted by molar-refractivity contribution is 7.85. The number of halogens is 2. The quantitative estimate of drug-likeness (QED) is 0.239. The average Bonchev–Trinajstić information content (AvgIpc) is 3.27. The SMILES string of the molecule is CC(C)C(=O)N(C)C(CCN1CCC2(CC1)c1ccccc1CS2=O)(COCc1ccccc1)c1ccc(Cl)c(Cl)c1. The Labute approximate surface area is 262 Å². The fourth-order valence-electron chi connectivity index (χ4n) is 6.52. The van der Waals surface area contributed by atoms with Crippen LogP contribution in [0.1, 0.15) is 55.4 Å². The van der Waals surface area contributed by atoms with E-state index in [1.165, 1.54) is 11.1 Å². The summed E-state index contributed by atoms with van der Waals surface area (Å²) in [5, 5.41) is 0.929. The van der Waals surface area contributed by atoms with E-state index in [9.17, 15) is 9.00 Å². The van der Waals surface area contributed by atoms with Gasteiger partial charge < -0.3 is 14.5 Å². The molecule has 3 aromatic carbocycles. The van der Waals surface area contributed by atoms with Crippen molar-refractivity contribution in [2.24, 2.45) is 5.92 Å². The molecule has 2 aliphatic heterocycles. The number of hydrogen-bond acceptors (Lipinski definition) is 4. The van der Waals surface area contributed by atoms with Crippen molar-refractivity contribution in [3.63, 3.8) is 0 Å². The number of piperidine rings is 1. The second-order valence-corrected chi connectivity index (χ2v) is 14.5. The molecule has 1 spiro atoms. The maximum atomic E-state index is 13.6. The lowest BCUT2D eigenvalue weighted by atomic mass is 9.83. The zero-order valence-corrected chi connectivity index (χ0v) is 27.0. The van der Waals surface area contributed by atoms with Gasteiger partial charge in [-0.1, -0.05) is 97.7 Å². The van der Waals surface area contributed by atoms with E-state index in [0.29, 0.717) is 35.4 Å².